The van der Waals surface area contributed by atoms with Crippen molar-refractivity contribution < 1.29 is 18.0 Å². The fourth-order valence-electron chi connectivity index (χ4n) is 5.31. The Hall–Kier alpha value is -3.58. The average Bonchev–Trinajstić information content (AvgIpc) is 3.49. The lowest BCUT2D eigenvalue weighted by atomic mass is 9.97. The zero-order valence-corrected chi connectivity index (χ0v) is 22.0. The number of thiazole rings is 1. The van der Waals surface area contributed by atoms with Crippen LogP contribution in [0.3, 0.4) is 0 Å². The molecule has 0 spiro atoms. The van der Waals surface area contributed by atoms with Crippen LogP contribution in [0, 0.1) is 5.92 Å². The maximum atomic E-state index is 14.1. The van der Waals surface area contributed by atoms with Gasteiger partial charge in [-0.05, 0) is 63.4 Å². The third-order valence-corrected chi connectivity index (χ3v) is 8.04. The molecule has 1 aliphatic heterocycles. The maximum absolute atomic E-state index is 14.1. The number of nitrogens with zero attached hydrogens (tertiary/aromatic N) is 6. The summed E-state index contributed by atoms with van der Waals surface area (Å²) in [6.07, 6.45) is 1.82. The van der Waals surface area contributed by atoms with Crippen molar-refractivity contribution in [1.29, 1.82) is 0 Å². The molecule has 0 unspecified atom stereocenters. The van der Waals surface area contributed by atoms with Crippen LogP contribution in [0.15, 0.2) is 36.0 Å². The Morgan fingerprint density at radius 3 is 2.72 bits per heavy atom. The summed E-state index contributed by atoms with van der Waals surface area (Å²) < 4.78 is 43.6. The summed E-state index contributed by atoms with van der Waals surface area (Å²) in [6, 6.07) is 4.87. The second kappa shape index (κ2) is 10.2. The third kappa shape index (κ3) is 5.08. The van der Waals surface area contributed by atoms with Crippen molar-refractivity contribution in [3.05, 3.63) is 47.5 Å². The molecule has 2 N–H and O–H groups in total. The molecule has 204 valence electrons. The number of hydrogen-bond donors (Lipinski definition) is 2. The highest BCUT2D eigenvalue weighted by Gasteiger charge is 2.42. The summed E-state index contributed by atoms with van der Waals surface area (Å²) in [4.78, 5) is 24.0. The van der Waals surface area contributed by atoms with E-state index in [2.05, 4.69) is 35.7 Å². The molecule has 2 fully saturated rings. The highest BCUT2D eigenvalue weighted by molar-refractivity contribution is 7.13. The van der Waals surface area contributed by atoms with Gasteiger partial charge in [0.15, 0.2) is 0 Å². The molecule has 9 nitrogen and oxygen atoms in total. The highest BCUT2D eigenvalue weighted by atomic mass is 32.1. The Morgan fingerprint density at radius 2 is 2.00 bits per heavy atom. The van der Waals surface area contributed by atoms with Crippen molar-refractivity contribution in [3.63, 3.8) is 0 Å². The normalized spacial score (nSPS) is 18.1. The number of halogens is 3. The molecule has 6 rings (SSSR count). The van der Waals surface area contributed by atoms with Crippen LogP contribution in [0.4, 0.5) is 24.5 Å². The van der Waals surface area contributed by atoms with E-state index >= 15 is 0 Å². The third-order valence-electron chi connectivity index (χ3n) is 7.15. The minimum Gasteiger partial charge on any atom is -0.368 e. The predicted molar refractivity (Wildman–Crippen MR) is 143 cm³/mol. The Morgan fingerprint density at radius 1 is 1.15 bits per heavy atom. The van der Waals surface area contributed by atoms with Crippen LogP contribution in [0.1, 0.15) is 48.0 Å². The summed E-state index contributed by atoms with van der Waals surface area (Å²) in [5.74, 6) is -1.00. The average molecular weight is 557 g/mol. The van der Waals surface area contributed by atoms with Crippen molar-refractivity contribution in [2.24, 2.45) is 5.92 Å². The van der Waals surface area contributed by atoms with Crippen LogP contribution in [0.5, 0.6) is 0 Å². The van der Waals surface area contributed by atoms with E-state index in [0.29, 0.717) is 53.7 Å². The summed E-state index contributed by atoms with van der Waals surface area (Å²) in [6.45, 7) is 2.11. The number of carbonyl (C=O) groups excluding carboxylic acids is 1. The molecule has 0 bridgehead atoms. The van der Waals surface area contributed by atoms with Crippen LogP contribution in [-0.4, -0.2) is 57.3 Å². The summed E-state index contributed by atoms with van der Waals surface area (Å²) >= 11 is 1.30. The molecule has 1 saturated carbocycles. The van der Waals surface area contributed by atoms with Gasteiger partial charge in [0.05, 0.1) is 29.3 Å². The van der Waals surface area contributed by atoms with Crippen molar-refractivity contribution in [2.75, 3.05) is 36.9 Å². The minimum absolute atomic E-state index is 0.212. The number of nitrogens with one attached hydrogen (secondary N) is 2. The molecule has 3 aromatic heterocycles. The summed E-state index contributed by atoms with van der Waals surface area (Å²) in [7, 11) is 1.89. The molecule has 2 aliphatic rings. The molecule has 0 radical (unpaired) electrons. The molecular weight excluding hydrogens is 529 g/mol. The number of imidazole rings is 1. The lowest BCUT2D eigenvalue weighted by molar-refractivity contribution is -0.147. The monoisotopic (exact) mass is 556 g/mol. The number of rotatable bonds is 7. The first-order chi connectivity index (χ1) is 18.8. The van der Waals surface area contributed by atoms with E-state index in [1.165, 1.54) is 15.9 Å². The topological polar surface area (TPSA) is 101 Å². The number of hydrogen-bond acceptors (Lipinski definition) is 8. The first kappa shape index (κ1) is 25.7. The van der Waals surface area contributed by atoms with Gasteiger partial charge in [-0.15, -0.1) is 11.3 Å². The quantitative estimate of drug-likeness (QED) is 0.331. The lowest BCUT2D eigenvalue weighted by Gasteiger charge is -2.35. The molecule has 1 aliphatic carbocycles. The van der Waals surface area contributed by atoms with Crippen molar-refractivity contribution in [1.82, 2.24) is 30.0 Å². The van der Waals surface area contributed by atoms with Gasteiger partial charge < -0.3 is 20.1 Å². The Kier molecular flexibility index (Phi) is 6.71. The molecule has 1 saturated heterocycles. The van der Waals surface area contributed by atoms with Crippen LogP contribution >= 0.6 is 11.3 Å². The SMILES string of the molecule is CNC[C@@H]1CCCN(c2c(NC(=O)c3csc(-c4ccnnc4)n3)ccc3c2nc(C(F)(F)F)n3C2CC2)C1. The minimum atomic E-state index is -4.59. The number of benzene rings is 1. The van der Waals surface area contributed by atoms with Gasteiger partial charge in [-0.25, -0.2) is 9.97 Å². The molecule has 4 aromatic rings. The van der Waals surface area contributed by atoms with Gasteiger partial charge in [0.1, 0.15) is 16.2 Å². The molecule has 13 heteroatoms. The molecule has 1 aromatic carbocycles. The van der Waals surface area contributed by atoms with E-state index in [1.54, 1.807) is 36.0 Å². The van der Waals surface area contributed by atoms with E-state index < -0.39 is 17.9 Å². The van der Waals surface area contributed by atoms with Crippen LogP contribution in [0.25, 0.3) is 21.6 Å². The first-order valence-corrected chi connectivity index (χ1v) is 13.8. The molecular formula is C26H27F3N8OS. The van der Waals surface area contributed by atoms with Crippen LogP contribution in [-0.2, 0) is 6.18 Å². The van der Waals surface area contributed by atoms with Gasteiger partial charge in [0.25, 0.3) is 5.91 Å². The first-order valence-electron chi connectivity index (χ1n) is 12.9. The van der Waals surface area contributed by atoms with Crippen LogP contribution in [0.2, 0.25) is 0 Å². The number of amides is 1. The summed E-state index contributed by atoms with van der Waals surface area (Å²) in [5.41, 5.74) is 2.61. The van der Waals surface area contributed by atoms with Gasteiger partial charge in [0.2, 0.25) is 5.82 Å². The van der Waals surface area contributed by atoms with Crippen molar-refractivity contribution in [2.45, 2.75) is 37.9 Å². The second-order valence-corrected chi connectivity index (χ2v) is 10.9. The number of aromatic nitrogens is 5. The predicted octanol–water partition coefficient (Wildman–Crippen LogP) is 4.99. The number of fused-ring (bicyclic) bond motifs is 1. The van der Waals surface area contributed by atoms with Crippen molar-refractivity contribution in [3.8, 4) is 10.6 Å². The van der Waals surface area contributed by atoms with Gasteiger partial charge >= 0.3 is 6.18 Å². The zero-order chi connectivity index (χ0) is 27.1. The zero-order valence-electron chi connectivity index (χ0n) is 21.2. The largest absolute Gasteiger partial charge is 0.449 e. The highest BCUT2D eigenvalue weighted by Crippen LogP contribution is 2.46. The molecule has 1 amide bonds. The Balaban J connectivity index is 1.41. The van der Waals surface area contributed by atoms with Gasteiger partial charge in [0, 0.05) is 30.1 Å². The number of alkyl halides is 3. The number of anilines is 2. The van der Waals surface area contributed by atoms with Crippen LogP contribution < -0.4 is 15.5 Å². The van der Waals surface area contributed by atoms with E-state index in [-0.39, 0.29) is 17.3 Å². The molecule has 4 heterocycles. The standard InChI is InChI=1S/C26H27F3N8OS/c1-30-11-15-3-2-10-36(13-15)22-18(33-23(38)19-14-39-24(34-19)16-8-9-31-32-12-16)6-7-20-21(22)35-25(26(27,28)29)37(20)17-4-5-17/h6-9,12,14-15,17,30H,2-5,10-11,13H2,1H3,(H,33,38)/t15-/m0/s1. The number of carbonyl (C=O) groups is 1. The molecule has 39 heavy (non-hydrogen) atoms. The fraction of sp³-hybridized carbons (Fsp3) is 0.423. The van der Waals surface area contributed by atoms with Gasteiger partial charge in [-0.2, -0.15) is 23.4 Å². The Bertz CT molecular complexity index is 1500. The van der Waals surface area contributed by atoms with Crippen molar-refractivity contribution >= 4 is 39.7 Å². The smallest absolute Gasteiger partial charge is 0.368 e. The molecule has 1 atom stereocenters. The van der Waals surface area contributed by atoms with E-state index in [0.717, 1.165) is 24.9 Å². The summed E-state index contributed by atoms with van der Waals surface area (Å²) in [5, 5.41) is 16.0. The van der Waals surface area contributed by atoms with Gasteiger partial charge in [-0.1, -0.05) is 0 Å². The Labute approximate surface area is 226 Å². The van der Waals surface area contributed by atoms with E-state index in [9.17, 15) is 18.0 Å². The lowest BCUT2D eigenvalue weighted by Crippen LogP contribution is -2.39. The number of piperidine rings is 1. The van der Waals surface area contributed by atoms with E-state index in [1.807, 2.05) is 7.05 Å². The van der Waals surface area contributed by atoms with E-state index in [4.69, 9.17) is 0 Å². The maximum Gasteiger partial charge on any atom is 0.449 e. The van der Waals surface area contributed by atoms with Gasteiger partial charge in [-0.3, -0.25) is 4.79 Å². The second-order valence-electron chi connectivity index (χ2n) is 10.00. The fourth-order valence-corrected chi connectivity index (χ4v) is 6.10.